The molecular weight excluding hydrogens is 350 g/mol. The summed E-state index contributed by atoms with van der Waals surface area (Å²) >= 11 is 0. The molecule has 0 radical (unpaired) electrons. The van der Waals surface area contributed by atoms with Crippen LogP contribution >= 0.6 is 0 Å². The van der Waals surface area contributed by atoms with Crippen LogP contribution < -0.4 is 10.1 Å². The van der Waals surface area contributed by atoms with Gasteiger partial charge in [-0.25, -0.2) is 4.79 Å². The Labute approximate surface area is 157 Å². The number of carbonyl (C=O) groups is 3. The highest BCUT2D eigenvalue weighted by Gasteiger charge is 2.12. The number of nitrogens with one attached hydrogen (secondary N) is 1. The Kier molecular flexibility index (Phi) is 6.93. The first-order valence-electron chi connectivity index (χ1n) is 8.38. The van der Waals surface area contributed by atoms with Crippen molar-refractivity contribution in [1.82, 2.24) is 5.32 Å². The summed E-state index contributed by atoms with van der Waals surface area (Å²) in [4.78, 5) is 34.7. The quantitative estimate of drug-likeness (QED) is 0.435. The maximum Gasteiger partial charge on any atom is 0.332 e. The first-order chi connectivity index (χ1) is 12.9. The molecule has 0 spiro atoms. The van der Waals surface area contributed by atoms with Gasteiger partial charge in [0.2, 0.25) is 0 Å². The van der Waals surface area contributed by atoms with Crippen molar-refractivity contribution in [3.8, 4) is 5.75 Å². The molecule has 2 aromatic rings. The lowest BCUT2D eigenvalue weighted by molar-refractivity contribution is -0.137. The van der Waals surface area contributed by atoms with Crippen molar-refractivity contribution in [2.75, 3.05) is 6.61 Å². The third-order valence-corrected chi connectivity index (χ3v) is 3.46. The molecule has 2 rings (SSSR count). The van der Waals surface area contributed by atoms with E-state index in [0.29, 0.717) is 22.8 Å². The SMILES string of the molecule is CCOC(=O)/C=C(\C)NC(=O)c1ccc(COc2ccc(C(C)=O)cc2)o1. The number of rotatable bonds is 8. The van der Waals surface area contributed by atoms with E-state index in [9.17, 15) is 14.4 Å². The van der Waals surface area contributed by atoms with E-state index in [1.807, 2.05) is 0 Å². The average molecular weight is 371 g/mol. The fourth-order valence-electron chi connectivity index (χ4n) is 2.16. The van der Waals surface area contributed by atoms with Crippen LogP contribution in [0.1, 0.15) is 47.4 Å². The second kappa shape index (κ2) is 9.38. The number of carbonyl (C=O) groups excluding carboxylic acids is 3. The molecule has 1 heterocycles. The molecule has 27 heavy (non-hydrogen) atoms. The van der Waals surface area contributed by atoms with E-state index in [2.05, 4.69) is 5.32 Å². The Morgan fingerprint density at radius 2 is 1.78 bits per heavy atom. The molecule has 0 atom stereocenters. The summed E-state index contributed by atoms with van der Waals surface area (Å²) in [6.45, 7) is 5.16. The van der Waals surface area contributed by atoms with Crippen LogP contribution in [0.2, 0.25) is 0 Å². The maximum absolute atomic E-state index is 12.1. The van der Waals surface area contributed by atoms with Crippen LogP contribution in [0, 0.1) is 0 Å². The fourth-order valence-corrected chi connectivity index (χ4v) is 2.16. The van der Waals surface area contributed by atoms with Gasteiger partial charge in [0.1, 0.15) is 18.1 Å². The van der Waals surface area contributed by atoms with Crippen LogP contribution in [0.25, 0.3) is 0 Å². The molecule has 0 aliphatic carbocycles. The Bertz CT molecular complexity index is 848. The second-order valence-electron chi connectivity index (χ2n) is 5.67. The lowest BCUT2D eigenvalue weighted by Gasteiger charge is -2.05. The minimum Gasteiger partial charge on any atom is -0.486 e. The molecule has 1 N–H and O–H groups in total. The van der Waals surface area contributed by atoms with E-state index in [1.165, 1.54) is 19.1 Å². The summed E-state index contributed by atoms with van der Waals surface area (Å²) < 4.78 is 15.8. The fraction of sp³-hybridized carbons (Fsp3) is 0.250. The van der Waals surface area contributed by atoms with Crippen molar-refractivity contribution in [2.24, 2.45) is 0 Å². The number of furan rings is 1. The van der Waals surface area contributed by atoms with Crippen LogP contribution in [-0.2, 0) is 16.1 Å². The smallest absolute Gasteiger partial charge is 0.332 e. The minimum atomic E-state index is -0.528. The van der Waals surface area contributed by atoms with Gasteiger partial charge in [-0.05, 0) is 57.2 Å². The summed E-state index contributed by atoms with van der Waals surface area (Å²) in [6.07, 6.45) is 1.19. The normalized spacial score (nSPS) is 11.0. The van der Waals surface area contributed by atoms with Gasteiger partial charge in [0.25, 0.3) is 5.91 Å². The summed E-state index contributed by atoms with van der Waals surface area (Å²) in [6, 6.07) is 9.89. The van der Waals surface area contributed by atoms with E-state index < -0.39 is 11.9 Å². The monoisotopic (exact) mass is 371 g/mol. The van der Waals surface area contributed by atoms with Crippen molar-refractivity contribution in [1.29, 1.82) is 0 Å². The third-order valence-electron chi connectivity index (χ3n) is 3.46. The van der Waals surface area contributed by atoms with Gasteiger partial charge in [0.15, 0.2) is 11.5 Å². The Morgan fingerprint density at radius 3 is 2.41 bits per heavy atom. The molecule has 1 aromatic heterocycles. The standard InChI is InChI=1S/C20H21NO6/c1-4-25-19(23)11-13(2)21-20(24)18-10-9-17(27-18)12-26-16-7-5-15(6-8-16)14(3)22/h5-11H,4,12H2,1-3H3,(H,21,24)/b13-11+. The molecule has 0 fully saturated rings. The van der Waals surface area contributed by atoms with E-state index in [0.717, 1.165) is 0 Å². The highest BCUT2D eigenvalue weighted by atomic mass is 16.5. The maximum atomic E-state index is 12.1. The topological polar surface area (TPSA) is 94.8 Å². The molecule has 0 saturated heterocycles. The molecule has 7 nitrogen and oxygen atoms in total. The number of benzene rings is 1. The molecule has 142 valence electrons. The minimum absolute atomic E-state index is 0.0180. The summed E-state index contributed by atoms with van der Waals surface area (Å²) in [5.74, 6) is 0.107. The van der Waals surface area contributed by atoms with E-state index >= 15 is 0 Å². The van der Waals surface area contributed by atoms with Crippen LogP contribution in [0.4, 0.5) is 0 Å². The molecule has 0 aliphatic heterocycles. The summed E-state index contributed by atoms with van der Waals surface area (Å²) in [7, 11) is 0. The number of amides is 1. The Morgan fingerprint density at radius 1 is 1.07 bits per heavy atom. The van der Waals surface area contributed by atoms with Crippen LogP contribution in [0.15, 0.2) is 52.6 Å². The van der Waals surface area contributed by atoms with Crippen LogP contribution in [-0.4, -0.2) is 24.3 Å². The zero-order valence-corrected chi connectivity index (χ0v) is 15.4. The molecule has 1 aromatic carbocycles. The van der Waals surface area contributed by atoms with Gasteiger partial charge in [-0.2, -0.15) is 0 Å². The summed E-state index contributed by atoms with van der Waals surface area (Å²) in [5, 5.41) is 2.54. The number of esters is 1. The molecule has 0 bridgehead atoms. The summed E-state index contributed by atoms with van der Waals surface area (Å²) in [5.41, 5.74) is 0.948. The number of hydrogen-bond donors (Lipinski definition) is 1. The molecule has 7 heteroatoms. The van der Waals surface area contributed by atoms with E-state index in [-0.39, 0.29) is 24.8 Å². The largest absolute Gasteiger partial charge is 0.486 e. The molecule has 0 saturated carbocycles. The molecule has 0 unspecified atom stereocenters. The predicted octanol–water partition coefficient (Wildman–Crippen LogP) is 3.26. The zero-order valence-electron chi connectivity index (χ0n) is 15.4. The van der Waals surface area contributed by atoms with Gasteiger partial charge < -0.3 is 19.2 Å². The van der Waals surface area contributed by atoms with E-state index in [1.54, 1.807) is 44.2 Å². The number of allylic oxidation sites excluding steroid dienone is 1. The van der Waals surface area contributed by atoms with Gasteiger partial charge in [-0.3, -0.25) is 9.59 Å². The lowest BCUT2D eigenvalue weighted by Crippen LogP contribution is -2.21. The van der Waals surface area contributed by atoms with Gasteiger partial charge in [-0.15, -0.1) is 0 Å². The number of hydrogen-bond acceptors (Lipinski definition) is 6. The van der Waals surface area contributed by atoms with Gasteiger partial charge in [0, 0.05) is 17.3 Å². The lowest BCUT2D eigenvalue weighted by atomic mass is 10.1. The van der Waals surface area contributed by atoms with Crippen molar-refractivity contribution in [3.63, 3.8) is 0 Å². The van der Waals surface area contributed by atoms with Crippen molar-refractivity contribution in [3.05, 3.63) is 65.3 Å². The molecule has 1 amide bonds. The van der Waals surface area contributed by atoms with Crippen molar-refractivity contribution >= 4 is 17.7 Å². The third kappa shape index (κ3) is 6.14. The van der Waals surface area contributed by atoms with E-state index in [4.69, 9.17) is 13.9 Å². The number of ketones is 1. The van der Waals surface area contributed by atoms with Crippen LogP contribution in [0.5, 0.6) is 5.75 Å². The molecular formula is C20H21NO6. The molecule has 0 aliphatic rings. The highest BCUT2D eigenvalue weighted by molar-refractivity contribution is 5.94. The first kappa shape index (κ1) is 20.0. The zero-order chi connectivity index (χ0) is 19.8. The average Bonchev–Trinajstić information content (AvgIpc) is 3.09. The van der Waals surface area contributed by atoms with Gasteiger partial charge in [-0.1, -0.05) is 0 Å². The van der Waals surface area contributed by atoms with Gasteiger partial charge in [0.05, 0.1) is 6.61 Å². The van der Waals surface area contributed by atoms with Crippen LogP contribution in [0.3, 0.4) is 0 Å². The number of Topliss-reactive ketones (excluding diaryl/α,β-unsaturated/α-hetero) is 1. The number of ether oxygens (including phenoxy) is 2. The van der Waals surface area contributed by atoms with Crippen molar-refractivity contribution in [2.45, 2.75) is 27.4 Å². The Balaban J connectivity index is 1.90. The predicted molar refractivity (Wildman–Crippen MR) is 97.3 cm³/mol. The second-order valence-corrected chi connectivity index (χ2v) is 5.67. The Hall–Kier alpha value is -3.35. The highest BCUT2D eigenvalue weighted by Crippen LogP contribution is 2.16. The van der Waals surface area contributed by atoms with Crippen molar-refractivity contribution < 1.29 is 28.3 Å². The first-order valence-corrected chi connectivity index (χ1v) is 8.38. The van der Waals surface area contributed by atoms with Gasteiger partial charge >= 0.3 is 5.97 Å².